The zero-order valence-corrected chi connectivity index (χ0v) is 7.73. The van der Waals surface area contributed by atoms with Crippen molar-refractivity contribution in [3.63, 3.8) is 0 Å². The van der Waals surface area contributed by atoms with Crippen LogP contribution < -0.4 is 0 Å². The molecule has 1 rings (SSSR count). The van der Waals surface area contributed by atoms with Gasteiger partial charge in [0.05, 0.1) is 0 Å². The third-order valence-electron chi connectivity index (χ3n) is 2.00. The highest BCUT2D eigenvalue weighted by atomic mass is 16.5. The lowest BCUT2D eigenvalue weighted by molar-refractivity contribution is -0.0439. The summed E-state index contributed by atoms with van der Waals surface area (Å²) in [6.07, 6.45) is -1.61. The Balaban J connectivity index is 3.11. The third-order valence-corrected chi connectivity index (χ3v) is 2.00. The second kappa shape index (κ2) is 3.77. The summed E-state index contributed by atoms with van der Waals surface area (Å²) in [5, 5.41) is 27.1. The molecule has 0 unspecified atom stereocenters. The van der Waals surface area contributed by atoms with Gasteiger partial charge in [-0.15, -0.1) is 0 Å². The molecule has 1 aromatic rings. The molecule has 0 aliphatic carbocycles. The molecule has 1 aromatic carbocycles. The van der Waals surface area contributed by atoms with Crippen LogP contribution in [0.25, 0.3) is 0 Å². The molecule has 0 heterocycles. The van der Waals surface area contributed by atoms with Crippen molar-refractivity contribution in [3.05, 3.63) is 29.3 Å². The van der Waals surface area contributed by atoms with Gasteiger partial charge in [0.25, 0.3) is 0 Å². The summed E-state index contributed by atoms with van der Waals surface area (Å²) in [4.78, 5) is 0. The van der Waals surface area contributed by atoms with E-state index >= 15 is 0 Å². The molecule has 0 amide bonds. The van der Waals surface area contributed by atoms with E-state index in [9.17, 15) is 5.11 Å². The van der Waals surface area contributed by atoms with Crippen molar-refractivity contribution in [2.45, 2.75) is 26.1 Å². The molecule has 0 aromatic heterocycles. The van der Waals surface area contributed by atoms with Crippen LogP contribution in [0.1, 0.15) is 37.2 Å². The minimum Gasteiger partial charge on any atom is -0.507 e. The van der Waals surface area contributed by atoms with E-state index in [0.717, 1.165) is 5.56 Å². The van der Waals surface area contributed by atoms with Gasteiger partial charge in [-0.25, -0.2) is 0 Å². The van der Waals surface area contributed by atoms with E-state index in [2.05, 4.69) is 0 Å². The monoisotopic (exact) mass is 182 g/mol. The minimum absolute atomic E-state index is 0.0839. The van der Waals surface area contributed by atoms with Crippen LogP contribution in [0.4, 0.5) is 0 Å². The van der Waals surface area contributed by atoms with Crippen LogP contribution in [0.15, 0.2) is 18.2 Å². The Morgan fingerprint density at radius 3 is 2.23 bits per heavy atom. The van der Waals surface area contributed by atoms with Crippen LogP contribution in [0.5, 0.6) is 5.75 Å². The van der Waals surface area contributed by atoms with E-state index in [-0.39, 0.29) is 11.3 Å². The van der Waals surface area contributed by atoms with E-state index in [4.69, 9.17) is 10.2 Å². The summed E-state index contributed by atoms with van der Waals surface area (Å²) in [5.41, 5.74) is 1.13. The smallest absolute Gasteiger partial charge is 0.182 e. The van der Waals surface area contributed by atoms with Crippen LogP contribution in [-0.2, 0) is 0 Å². The molecule has 0 saturated carbocycles. The normalized spacial score (nSPS) is 11.2. The fraction of sp³-hybridized carbons (Fsp3) is 0.400. The summed E-state index contributed by atoms with van der Waals surface area (Å²) in [6, 6.07) is 4.85. The van der Waals surface area contributed by atoms with Crippen molar-refractivity contribution >= 4 is 0 Å². The van der Waals surface area contributed by atoms with Gasteiger partial charge in [0, 0.05) is 5.56 Å². The maximum atomic E-state index is 9.27. The Labute approximate surface area is 77.3 Å². The third kappa shape index (κ3) is 2.20. The predicted molar refractivity (Wildman–Crippen MR) is 49.4 cm³/mol. The highest BCUT2D eigenvalue weighted by Crippen LogP contribution is 2.26. The molecule has 0 aliphatic heterocycles. The molecular weight excluding hydrogens is 168 g/mol. The van der Waals surface area contributed by atoms with Crippen LogP contribution in [0.3, 0.4) is 0 Å². The Morgan fingerprint density at radius 1 is 1.15 bits per heavy atom. The Kier molecular flexibility index (Phi) is 2.90. The van der Waals surface area contributed by atoms with Crippen molar-refractivity contribution < 1.29 is 15.3 Å². The van der Waals surface area contributed by atoms with Crippen molar-refractivity contribution in [2.75, 3.05) is 0 Å². The van der Waals surface area contributed by atoms with Crippen LogP contribution >= 0.6 is 0 Å². The van der Waals surface area contributed by atoms with Crippen LogP contribution in [0, 0.1) is 0 Å². The predicted octanol–water partition coefficient (Wildman–Crippen LogP) is 1.50. The molecule has 0 bridgehead atoms. The fourth-order valence-electron chi connectivity index (χ4n) is 1.14. The molecule has 3 heteroatoms. The summed E-state index contributed by atoms with van der Waals surface area (Å²) >= 11 is 0. The highest BCUT2D eigenvalue weighted by molar-refractivity contribution is 5.37. The van der Waals surface area contributed by atoms with E-state index in [1.165, 1.54) is 6.07 Å². The van der Waals surface area contributed by atoms with Crippen molar-refractivity contribution in [1.82, 2.24) is 0 Å². The van der Waals surface area contributed by atoms with E-state index in [0.29, 0.717) is 5.92 Å². The topological polar surface area (TPSA) is 60.7 Å². The molecular formula is C10H14O3. The van der Waals surface area contributed by atoms with Crippen molar-refractivity contribution in [2.24, 2.45) is 0 Å². The van der Waals surface area contributed by atoms with Crippen molar-refractivity contribution in [3.8, 4) is 5.75 Å². The van der Waals surface area contributed by atoms with Gasteiger partial charge in [-0.2, -0.15) is 0 Å². The molecule has 0 fully saturated rings. The number of aliphatic hydroxyl groups is 2. The fourth-order valence-corrected chi connectivity index (χ4v) is 1.14. The van der Waals surface area contributed by atoms with Gasteiger partial charge < -0.3 is 15.3 Å². The standard InChI is InChI=1S/C10H14O3/c1-6(2)7-3-4-9(11)8(5-7)10(12)13/h3-6,10-13H,1-2H3. The molecule has 0 spiro atoms. The van der Waals surface area contributed by atoms with Gasteiger partial charge in [-0.3, -0.25) is 0 Å². The van der Waals surface area contributed by atoms with Crippen LogP contribution in [0.2, 0.25) is 0 Å². The minimum atomic E-state index is -1.61. The first-order valence-electron chi connectivity index (χ1n) is 4.21. The maximum Gasteiger partial charge on any atom is 0.182 e. The first kappa shape index (κ1) is 10.0. The summed E-state index contributed by atoms with van der Waals surface area (Å²) in [6.45, 7) is 4.00. The Morgan fingerprint density at radius 2 is 1.77 bits per heavy atom. The number of aromatic hydroxyl groups is 1. The summed E-state index contributed by atoms with van der Waals surface area (Å²) in [5.74, 6) is 0.220. The molecule has 0 saturated heterocycles. The maximum absolute atomic E-state index is 9.27. The van der Waals surface area contributed by atoms with E-state index in [1.54, 1.807) is 12.1 Å². The summed E-state index contributed by atoms with van der Waals surface area (Å²) < 4.78 is 0. The average Bonchev–Trinajstić information content (AvgIpc) is 2.04. The molecule has 0 radical (unpaired) electrons. The van der Waals surface area contributed by atoms with Gasteiger partial charge >= 0.3 is 0 Å². The highest BCUT2D eigenvalue weighted by Gasteiger charge is 2.10. The second-order valence-electron chi connectivity index (χ2n) is 3.35. The zero-order valence-electron chi connectivity index (χ0n) is 7.73. The number of phenols is 1. The molecule has 0 aliphatic rings. The lowest BCUT2D eigenvalue weighted by atomic mass is 10.00. The average molecular weight is 182 g/mol. The van der Waals surface area contributed by atoms with Gasteiger partial charge in [0.15, 0.2) is 6.29 Å². The molecule has 72 valence electrons. The number of hydrogen-bond donors (Lipinski definition) is 3. The summed E-state index contributed by atoms with van der Waals surface area (Å²) in [7, 11) is 0. The van der Waals surface area contributed by atoms with E-state index in [1.807, 2.05) is 13.8 Å². The largest absolute Gasteiger partial charge is 0.507 e. The molecule has 3 nitrogen and oxygen atoms in total. The van der Waals surface area contributed by atoms with Crippen molar-refractivity contribution in [1.29, 1.82) is 0 Å². The first-order chi connectivity index (χ1) is 6.02. The van der Waals surface area contributed by atoms with Gasteiger partial charge in [-0.1, -0.05) is 19.9 Å². The number of rotatable bonds is 2. The lowest BCUT2D eigenvalue weighted by Crippen LogP contribution is -1.97. The number of phenolic OH excluding ortho intramolecular Hbond substituents is 1. The van der Waals surface area contributed by atoms with Gasteiger partial charge in [-0.05, 0) is 23.6 Å². The number of aliphatic hydroxyl groups excluding tert-OH is 1. The molecule has 3 N–H and O–H groups in total. The Hall–Kier alpha value is -1.06. The zero-order chi connectivity index (χ0) is 10.0. The molecule has 0 atom stereocenters. The molecule has 13 heavy (non-hydrogen) atoms. The number of hydrogen-bond acceptors (Lipinski definition) is 3. The quantitative estimate of drug-likeness (QED) is 0.607. The SMILES string of the molecule is CC(C)c1ccc(O)c(C(O)O)c1. The Bertz CT molecular complexity index is 292. The van der Waals surface area contributed by atoms with Gasteiger partial charge in [0.2, 0.25) is 0 Å². The van der Waals surface area contributed by atoms with Crippen LogP contribution in [-0.4, -0.2) is 15.3 Å². The van der Waals surface area contributed by atoms with E-state index < -0.39 is 6.29 Å². The van der Waals surface area contributed by atoms with Gasteiger partial charge in [0.1, 0.15) is 5.75 Å². The number of benzene rings is 1. The lowest BCUT2D eigenvalue weighted by Gasteiger charge is -2.11. The second-order valence-corrected chi connectivity index (χ2v) is 3.35. The first-order valence-corrected chi connectivity index (χ1v) is 4.21.